The zero-order valence-corrected chi connectivity index (χ0v) is 23.7. The van der Waals surface area contributed by atoms with E-state index in [1.807, 2.05) is 24.3 Å². The van der Waals surface area contributed by atoms with Crippen molar-refractivity contribution in [2.24, 2.45) is 0 Å². The van der Waals surface area contributed by atoms with Crippen LogP contribution in [0.15, 0.2) is 48.5 Å². The predicted octanol–water partition coefficient (Wildman–Crippen LogP) is 8.95. The number of rotatable bonds is 14. The van der Waals surface area contributed by atoms with Crippen molar-refractivity contribution in [2.45, 2.75) is 65.2 Å². The molecular formula is C30H34N4O2S2. The van der Waals surface area contributed by atoms with E-state index in [1.165, 1.54) is 49.1 Å². The number of hydrogen-bond donors (Lipinski definition) is 0. The first-order valence-corrected chi connectivity index (χ1v) is 15.1. The third kappa shape index (κ3) is 5.97. The molecular weight excluding hydrogens is 512 g/mol. The summed E-state index contributed by atoms with van der Waals surface area (Å²) in [4.78, 5) is 0. The molecule has 0 saturated heterocycles. The molecule has 0 radical (unpaired) electrons. The fraction of sp³-hybridized carbons (Fsp3) is 0.400. The number of unbranched alkanes of at least 4 members (excludes halogenated alkanes) is 6. The normalized spacial score (nSPS) is 11.4. The van der Waals surface area contributed by atoms with Crippen molar-refractivity contribution in [3.05, 3.63) is 48.5 Å². The van der Waals surface area contributed by atoms with Crippen LogP contribution in [0.5, 0.6) is 11.5 Å². The van der Waals surface area contributed by atoms with Gasteiger partial charge in [0, 0.05) is 22.3 Å². The Bertz CT molecular complexity index is 1370. The van der Waals surface area contributed by atoms with Crippen LogP contribution in [0.3, 0.4) is 0 Å². The van der Waals surface area contributed by atoms with Crippen molar-refractivity contribution < 1.29 is 9.47 Å². The molecule has 8 heteroatoms. The Labute approximate surface area is 232 Å². The van der Waals surface area contributed by atoms with Crippen molar-refractivity contribution in [1.29, 1.82) is 0 Å². The van der Waals surface area contributed by atoms with E-state index in [4.69, 9.17) is 9.47 Å². The SMILES string of the molecule is CCCCCCOc1cc(-c2cccc3nsnc23)c(OCCCCCC)cc1-c1cccc2nsnc12. The van der Waals surface area contributed by atoms with Gasteiger partial charge in [-0.3, -0.25) is 0 Å². The van der Waals surface area contributed by atoms with Gasteiger partial charge in [0.15, 0.2) is 0 Å². The maximum absolute atomic E-state index is 6.50. The summed E-state index contributed by atoms with van der Waals surface area (Å²) in [5, 5.41) is 0. The lowest BCUT2D eigenvalue weighted by atomic mass is 9.96. The fourth-order valence-electron chi connectivity index (χ4n) is 4.69. The van der Waals surface area contributed by atoms with Crippen LogP contribution in [0.2, 0.25) is 0 Å². The zero-order valence-electron chi connectivity index (χ0n) is 22.1. The van der Waals surface area contributed by atoms with E-state index in [2.05, 4.69) is 55.6 Å². The summed E-state index contributed by atoms with van der Waals surface area (Å²) in [6, 6.07) is 16.5. The Balaban J connectivity index is 1.61. The lowest BCUT2D eigenvalue weighted by Gasteiger charge is -2.19. The number of aromatic nitrogens is 4. The number of nitrogens with zero attached hydrogens (tertiary/aromatic N) is 4. The molecule has 0 unspecified atom stereocenters. The number of hydrogen-bond acceptors (Lipinski definition) is 8. The van der Waals surface area contributed by atoms with E-state index < -0.39 is 0 Å². The lowest BCUT2D eigenvalue weighted by molar-refractivity contribution is 0.299. The monoisotopic (exact) mass is 546 g/mol. The van der Waals surface area contributed by atoms with Gasteiger partial charge in [-0.15, -0.1) is 0 Å². The van der Waals surface area contributed by atoms with E-state index in [0.717, 1.165) is 81.5 Å². The quantitative estimate of drug-likeness (QED) is 0.129. The van der Waals surface area contributed by atoms with E-state index in [0.29, 0.717) is 13.2 Å². The summed E-state index contributed by atoms with van der Waals surface area (Å²) < 4.78 is 31.2. The molecule has 3 aromatic carbocycles. The predicted molar refractivity (Wildman–Crippen MR) is 159 cm³/mol. The largest absolute Gasteiger partial charge is 0.493 e. The average Bonchev–Trinajstić information content (AvgIpc) is 3.63. The van der Waals surface area contributed by atoms with Gasteiger partial charge in [-0.2, -0.15) is 17.5 Å². The highest BCUT2D eigenvalue weighted by atomic mass is 32.1. The zero-order chi connectivity index (χ0) is 26.2. The third-order valence-electron chi connectivity index (χ3n) is 6.75. The Kier molecular flexibility index (Phi) is 9.15. The van der Waals surface area contributed by atoms with Gasteiger partial charge in [-0.25, -0.2) is 0 Å². The van der Waals surface area contributed by atoms with E-state index in [9.17, 15) is 0 Å². The second-order valence-electron chi connectivity index (χ2n) is 9.54. The molecule has 0 atom stereocenters. The summed E-state index contributed by atoms with van der Waals surface area (Å²) in [6.07, 6.45) is 9.19. The van der Waals surface area contributed by atoms with Crippen LogP contribution < -0.4 is 9.47 Å². The minimum Gasteiger partial charge on any atom is -0.493 e. The molecule has 5 aromatic rings. The molecule has 38 heavy (non-hydrogen) atoms. The Morgan fingerprint density at radius 2 is 1.03 bits per heavy atom. The Hall–Kier alpha value is -3.10. The van der Waals surface area contributed by atoms with Crippen molar-refractivity contribution in [1.82, 2.24) is 17.5 Å². The highest BCUT2D eigenvalue weighted by Gasteiger charge is 2.20. The molecule has 0 aliphatic heterocycles. The van der Waals surface area contributed by atoms with Crippen LogP contribution in [-0.4, -0.2) is 30.7 Å². The molecule has 0 amide bonds. The molecule has 2 heterocycles. The molecule has 0 fully saturated rings. The molecule has 0 spiro atoms. The molecule has 0 bridgehead atoms. The lowest BCUT2D eigenvalue weighted by Crippen LogP contribution is -2.03. The molecule has 5 rings (SSSR count). The molecule has 198 valence electrons. The van der Waals surface area contributed by atoms with Gasteiger partial charge in [0.2, 0.25) is 0 Å². The van der Waals surface area contributed by atoms with Crippen molar-refractivity contribution in [2.75, 3.05) is 13.2 Å². The smallest absolute Gasteiger partial charge is 0.128 e. The highest BCUT2D eigenvalue weighted by molar-refractivity contribution is 7.00. The Morgan fingerprint density at radius 3 is 1.47 bits per heavy atom. The van der Waals surface area contributed by atoms with Crippen LogP contribution in [0, 0.1) is 0 Å². The number of fused-ring (bicyclic) bond motifs is 2. The summed E-state index contributed by atoms with van der Waals surface area (Å²) >= 11 is 2.47. The summed E-state index contributed by atoms with van der Waals surface area (Å²) in [5.41, 5.74) is 7.55. The molecule has 0 aliphatic rings. The summed E-state index contributed by atoms with van der Waals surface area (Å²) in [5.74, 6) is 1.66. The van der Waals surface area contributed by atoms with Crippen molar-refractivity contribution in [3.63, 3.8) is 0 Å². The van der Waals surface area contributed by atoms with Crippen LogP contribution in [0.1, 0.15) is 65.2 Å². The van der Waals surface area contributed by atoms with Crippen LogP contribution in [-0.2, 0) is 0 Å². The van der Waals surface area contributed by atoms with Gasteiger partial charge >= 0.3 is 0 Å². The topological polar surface area (TPSA) is 70.0 Å². The first-order valence-electron chi connectivity index (χ1n) is 13.7. The molecule has 0 aliphatic carbocycles. The number of ether oxygens (including phenoxy) is 2. The fourth-order valence-corrected chi connectivity index (χ4v) is 5.79. The molecule has 0 N–H and O–H groups in total. The molecule has 0 saturated carbocycles. The summed E-state index contributed by atoms with van der Waals surface area (Å²) in [6.45, 7) is 5.78. The molecule has 2 aromatic heterocycles. The molecule has 6 nitrogen and oxygen atoms in total. The first-order chi connectivity index (χ1) is 18.8. The van der Waals surface area contributed by atoms with Crippen LogP contribution >= 0.6 is 23.5 Å². The van der Waals surface area contributed by atoms with Crippen molar-refractivity contribution in [3.8, 4) is 33.8 Å². The van der Waals surface area contributed by atoms with Crippen molar-refractivity contribution >= 4 is 45.5 Å². The van der Waals surface area contributed by atoms with E-state index in [1.54, 1.807) is 0 Å². The van der Waals surface area contributed by atoms with Crippen LogP contribution in [0.25, 0.3) is 44.3 Å². The maximum Gasteiger partial charge on any atom is 0.128 e. The van der Waals surface area contributed by atoms with Gasteiger partial charge in [0.05, 0.1) is 36.7 Å². The highest BCUT2D eigenvalue weighted by Crippen LogP contribution is 2.44. The van der Waals surface area contributed by atoms with Gasteiger partial charge in [0.25, 0.3) is 0 Å². The third-order valence-corrected chi connectivity index (χ3v) is 7.83. The number of benzene rings is 3. The van der Waals surface area contributed by atoms with Gasteiger partial charge in [-0.1, -0.05) is 76.6 Å². The maximum atomic E-state index is 6.50. The van der Waals surface area contributed by atoms with Crippen LogP contribution in [0.4, 0.5) is 0 Å². The second kappa shape index (κ2) is 13.1. The van der Waals surface area contributed by atoms with Gasteiger partial charge < -0.3 is 9.47 Å². The second-order valence-corrected chi connectivity index (χ2v) is 10.6. The standard InChI is InChI=1S/C30H34N4O2S2/c1-3-5-7-9-17-35-27-19-24(22-14-12-16-26-30(22)34-38-32-26)28(36-18-10-8-6-4-2)20-23(27)21-13-11-15-25-29(21)33-37-31-25/h11-16,19-20H,3-10,17-18H2,1-2H3. The Morgan fingerprint density at radius 1 is 0.553 bits per heavy atom. The minimum atomic E-state index is 0.664. The van der Waals surface area contributed by atoms with Gasteiger partial charge in [0.1, 0.15) is 33.6 Å². The average molecular weight is 547 g/mol. The summed E-state index contributed by atoms with van der Waals surface area (Å²) in [7, 11) is 0. The van der Waals surface area contributed by atoms with Gasteiger partial charge in [-0.05, 0) is 37.1 Å². The minimum absolute atomic E-state index is 0.664. The van der Waals surface area contributed by atoms with E-state index >= 15 is 0 Å². The van der Waals surface area contributed by atoms with E-state index in [-0.39, 0.29) is 0 Å². The first kappa shape index (κ1) is 26.5.